The molecular formula is C12H9BrFN3. The predicted molar refractivity (Wildman–Crippen MR) is 69.1 cm³/mol. The first-order valence-corrected chi connectivity index (χ1v) is 5.67. The molecule has 0 aromatic heterocycles. The maximum absolute atomic E-state index is 13.2. The van der Waals surface area contributed by atoms with Gasteiger partial charge in [0.25, 0.3) is 0 Å². The Morgan fingerprint density at radius 3 is 2.18 bits per heavy atom. The third-order valence-corrected chi connectivity index (χ3v) is 2.72. The first-order valence-electron chi connectivity index (χ1n) is 4.87. The number of nitrogens with zero attached hydrogens (tertiary/aromatic N) is 2. The molecule has 2 rings (SSSR count). The summed E-state index contributed by atoms with van der Waals surface area (Å²) in [7, 11) is 0. The van der Waals surface area contributed by atoms with Gasteiger partial charge in [-0.1, -0.05) is 0 Å². The monoisotopic (exact) mass is 293 g/mol. The van der Waals surface area contributed by atoms with E-state index in [0.29, 0.717) is 21.5 Å². The van der Waals surface area contributed by atoms with Crippen LogP contribution >= 0.6 is 15.9 Å². The van der Waals surface area contributed by atoms with Crippen molar-refractivity contribution in [1.29, 1.82) is 0 Å². The van der Waals surface area contributed by atoms with Crippen LogP contribution in [0.5, 0.6) is 0 Å². The molecule has 5 heteroatoms. The summed E-state index contributed by atoms with van der Waals surface area (Å²) >= 11 is 3.07. The highest BCUT2D eigenvalue weighted by Crippen LogP contribution is 2.23. The van der Waals surface area contributed by atoms with Gasteiger partial charge < -0.3 is 5.73 Å². The molecule has 3 nitrogen and oxygen atoms in total. The summed E-state index contributed by atoms with van der Waals surface area (Å²) in [6.07, 6.45) is 0. The first-order chi connectivity index (χ1) is 8.15. The van der Waals surface area contributed by atoms with Gasteiger partial charge >= 0.3 is 0 Å². The van der Waals surface area contributed by atoms with Crippen molar-refractivity contribution in [3.8, 4) is 0 Å². The van der Waals surface area contributed by atoms with Gasteiger partial charge in [-0.15, -0.1) is 0 Å². The summed E-state index contributed by atoms with van der Waals surface area (Å²) in [5.41, 5.74) is 7.34. The molecule has 0 saturated carbocycles. The van der Waals surface area contributed by atoms with Crippen LogP contribution in [0.15, 0.2) is 57.2 Å². The Kier molecular flexibility index (Phi) is 3.49. The fraction of sp³-hybridized carbons (Fsp3) is 0. The smallest absolute Gasteiger partial charge is 0.139 e. The number of azo groups is 1. The molecular weight excluding hydrogens is 285 g/mol. The molecule has 0 aliphatic heterocycles. The first kappa shape index (κ1) is 11.7. The normalized spacial score (nSPS) is 10.9. The number of nitrogens with two attached hydrogens (primary N) is 1. The van der Waals surface area contributed by atoms with Crippen molar-refractivity contribution >= 4 is 33.0 Å². The van der Waals surface area contributed by atoms with Gasteiger partial charge in [0.2, 0.25) is 0 Å². The average molecular weight is 294 g/mol. The maximum Gasteiger partial charge on any atom is 0.139 e. The molecule has 0 atom stereocenters. The SMILES string of the molecule is Nc1ccc(/N=N/c2ccc(Br)c(F)c2)cc1. The Hall–Kier alpha value is -1.75. The van der Waals surface area contributed by atoms with Crippen LogP contribution in [0.2, 0.25) is 0 Å². The summed E-state index contributed by atoms with van der Waals surface area (Å²) < 4.78 is 13.6. The van der Waals surface area contributed by atoms with Crippen molar-refractivity contribution in [2.24, 2.45) is 10.2 Å². The number of anilines is 1. The van der Waals surface area contributed by atoms with Crippen LogP contribution in [0, 0.1) is 5.82 Å². The van der Waals surface area contributed by atoms with E-state index >= 15 is 0 Å². The predicted octanol–water partition coefficient (Wildman–Crippen LogP) is 4.59. The second-order valence-electron chi connectivity index (χ2n) is 3.39. The molecule has 17 heavy (non-hydrogen) atoms. The van der Waals surface area contributed by atoms with Gasteiger partial charge in [-0.05, 0) is 52.3 Å². The summed E-state index contributed by atoms with van der Waals surface area (Å²) in [6, 6.07) is 11.5. The fourth-order valence-corrected chi connectivity index (χ4v) is 1.45. The lowest BCUT2D eigenvalue weighted by molar-refractivity contribution is 0.621. The Bertz CT molecular complexity index is 552. The summed E-state index contributed by atoms with van der Waals surface area (Å²) in [4.78, 5) is 0. The van der Waals surface area contributed by atoms with E-state index in [1.54, 1.807) is 36.4 Å². The molecule has 2 aromatic rings. The van der Waals surface area contributed by atoms with E-state index in [4.69, 9.17) is 5.73 Å². The molecule has 0 aliphatic rings. The van der Waals surface area contributed by atoms with Crippen LogP contribution in [0.25, 0.3) is 0 Å². The van der Waals surface area contributed by atoms with Crippen LogP contribution in [-0.4, -0.2) is 0 Å². The molecule has 0 amide bonds. The van der Waals surface area contributed by atoms with Crippen molar-refractivity contribution in [3.05, 3.63) is 52.8 Å². The van der Waals surface area contributed by atoms with E-state index in [9.17, 15) is 4.39 Å². The van der Waals surface area contributed by atoms with Crippen molar-refractivity contribution in [3.63, 3.8) is 0 Å². The molecule has 2 aromatic carbocycles. The van der Waals surface area contributed by atoms with Crippen LogP contribution in [0.1, 0.15) is 0 Å². The Morgan fingerprint density at radius 2 is 1.53 bits per heavy atom. The van der Waals surface area contributed by atoms with E-state index in [2.05, 4.69) is 26.2 Å². The average Bonchev–Trinajstić information content (AvgIpc) is 2.33. The second kappa shape index (κ2) is 5.05. The van der Waals surface area contributed by atoms with E-state index in [-0.39, 0.29) is 5.82 Å². The third kappa shape index (κ3) is 3.10. The fourth-order valence-electron chi connectivity index (χ4n) is 1.20. The topological polar surface area (TPSA) is 50.7 Å². The van der Waals surface area contributed by atoms with E-state index in [1.807, 2.05) is 0 Å². The van der Waals surface area contributed by atoms with E-state index in [1.165, 1.54) is 6.07 Å². The highest BCUT2D eigenvalue weighted by Gasteiger charge is 1.99. The lowest BCUT2D eigenvalue weighted by atomic mass is 10.3. The molecule has 2 N–H and O–H groups in total. The molecule has 0 spiro atoms. The number of hydrogen-bond acceptors (Lipinski definition) is 3. The minimum atomic E-state index is -0.362. The lowest BCUT2D eigenvalue weighted by Crippen LogP contribution is -1.80. The second-order valence-corrected chi connectivity index (χ2v) is 4.24. The van der Waals surface area contributed by atoms with Gasteiger partial charge in [0, 0.05) is 11.8 Å². The number of halogens is 2. The summed E-state index contributed by atoms with van der Waals surface area (Å²) in [5.74, 6) is -0.362. The van der Waals surface area contributed by atoms with Gasteiger partial charge in [-0.25, -0.2) is 4.39 Å². The highest BCUT2D eigenvalue weighted by molar-refractivity contribution is 9.10. The van der Waals surface area contributed by atoms with Crippen LogP contribution in [-0.2, 0) is 0 Å². The molecule has 0 fully saturated rings. The standard InChI is InChI=1S/C12H9BrFN3/c13-11-6-5-10(7-12(11)14)17-16-9-3-1-8(15)2-4-9/h1-7H,15H2/b17-16+. The molecule has 0 unspecified atom stereocenters. The van der Waals surface area contributed by atoms with Gasteiger partial charge in [-0.3, -0.25) is 0 Å². The number of rotatable bonds is 2. The van der Waals surface area contributed by atoms with Crippen molar-refractivity contribution in [2.45, 2.75) is 0 Å². The Morgan fingerprint density at radius 1 is 0.941 bits per heavy atom. The number of benzene rings is 2. The highest BCUT2D eigenvalue weighted by atomic mass is 79.9. The van der Waals surface area contributed by atoms with Gasteiger partial charge in [0.15, 0.2) is 0 Å². The minimum Gasteiger partial charge on any atom is -0.399 e. The maximum atomic E-state index is 13.2. The van der Waals surface area contributed by atoms with E-state index in [0.717, 1.165) is 0 Å². The molecule has 0 aliphatic carbocycles. The van der Waals surface area contributed by atoms with Gasteiger partial charge in [-0.2, -0.15) is 10.2 Å². The zero-order valence-corrected chi connectivity index (χ0v) is 10.4. The van der Waals surface area contributed by atoms with Crippen molar-refractivity contribution < 1.29 is 4.39 Å². The van der Waals surface area contributed by atoms with Crippen LogP contribution in [0.3, 0.4) is 0 Å². The van der Waals surface area contributed by atoms with Crippen molar-refractivity contribution in [1.82, 2.24) is 0 Å². The molecule has 0 bridgehead atoms. The van der Waals surface area contributed by atoms with Crippen LogP contribution in [0.4, 0.5) is 21.5 Å². The lowest BCUT2D eigenvalue weighted by Gasteiger charge is -1.96. The molecule has 0 saturated heterocycles. The Labute approximate surface area is 106 Å². The molecule has 86 valence electrons. The van der Waals surface area contributed by atoms with Gasteiger partial charge in [0.05, 0.1) is 15.8 Å². The zero-order chi connectivity index (χ0) is 12.3. The zero-order valence-electron chi connectivity index (χ0n) is 8.77. The largest absolute Gasteiger partial charge is 0.399 e. The van der Waals surface area contributed by atoms with Crippen LogP contribution < -0.4 is 5.73 Å². The number of hydrogen-bond donors (Lipinski definition) is 1. The minimum absolute atomic E-state index is 0.362. The summed E-state index contributed by atoms with van der Waals surface area (Å²) in [6.45, 7) is 0. The van der Waals surface area contributed by atoms with Gasteiger partial charge in [0.1, 0.15) is 5.82 Å². The molecule has 0 heterocycles. The quantitative estimate of drug-likeness (QED) is 0.639. The third-order valence-electron chi connectivity index (χ3n) is 2.08. The molecule has 0 radical (unpaired) electrons. The Balaban J connectivity index is 2.20. The summed E-state index contributed by atoms with van der Waals surface area (Å²) in [5, 5.41) is 7.91. The number of nitrogen functional groups attached to an aromatic ring is 1. The van der Waals surface area contributed by atoms with Crippen molar-refractivity contribution in [2.75, 3.05) is 5.73 Å². The van der Waals surface area contributed by atoms with E-state index < -0.39 is 0 Å².